The van der Waals surface area contributed by atoms with Gasteiger partial charge in [-0.1, -0.05) is 151 Å². The molecule has 0 fully saturated rings. The zero-order valence-corrected chi connectivity index (χ0v) is 29.5. The molecule has 0 radical (unpaired) electrons. The molecule has 0 aliphatic carbocycles. The van der Waals surface area contributed by atoms with Gasteiger partial charge in [0, 0.05) is 5.54 Å². The Labute approximate surface area is 251 Å². The molecule has 6 heteroatoms. The zero-order valence-electron chi connectivity index (χ0n) is 28.6. The van der Waals surface area contributed by atoms with Crippen molar-refractivity contribution in [2.45, 2.75) is 183 Å². The van der Waals surface area contributed by atoms with Gasteiger partial charge in [-0.3, -0.25) is 4.52 Å². The molecule has 244 valence electrons. The number of unbranched alkanes of at least 4 members (excludes halogenated alkanes) is 8. The van der Waals surface area contributed by atoms with Crippen LogP contribution in [-0.4, -0.2) is 21.9 Å². The van der Waals surface area contributed by atoms with Crippen molar-refractivity contribution < 1.29 is 18.9 Å². The van der Waals surface area contributed by atoms with E-state index < -0.39 is 7.82 Å². The molecule has 3 unspecified atom stereocenters. The van der Waals surface area contributed by atoms with Gasteiger partial charge in [-0.05, 0) is 56.3 Å². The van der Waals surface area contributed by atoms with Crippen LogP contribution in [0, 0.1) is 29.6 Å². The Morgan fingerprint density at radius 2 is 1.15 bits per heavy atom. The van der Waals surface area contributed by atoms with Crippen LogP contribution in [0.15, 0.2) is 0 Å². The summed E-state index contributed by atoms with van der Waals surface area (Å²) < 4.78 is 15.9. The van der Waals surface area contributed by atoms with E-state index in [1.807, 2.05) is 0 Å². The van der Waals surface area contributed by atoms with Crippen LogP contribution < -0.4 is 5.73 Å². The molecule has 4 N–H and O–H groups in total. The first-order valence-electron chi connectivity index (χ1n) is 17.1. The van der Waals surface area contributed by atoms with Gasteiger partial charge >= 0.3 is 7.82 Å². The highest BCUT2D eigenvalue weighted by atomic mass is 31.2. The Kier molecular flexibility index (Phi) is 27.0. The van der Waals surface area contributed by atoms with Gasteiger partial charge in [-0.25, -0.2) is 4.57 Å². The minimum atomic E-state index is -4.38. The van der Waals surface area contributed by atoms with E-state index in [9.17, 15) is 4.57 Å². The summed E-state index contributed by atoms with van der Waals surface area (Å²) in [7, 11) is -4.38. The van der Waals surface area contributed by atoms with E-state index in [2.05, 4.69) is 62.3 Å². The summed E-state index contributed by atoms with van der Waals surface area (Å²) in [5, 5.41) is 0. The third-order valence-corrected chi connectivity index (χ3v) is 8.62. The van der Waals surface area contributed by atoms with Gasteiger partial charge < -0.3 is 15.5 Å². The minimum Gasteiger partial charge on any atom is -0.326 e. The number of hydrogen-bond donors (Lipinski definition) is 3. The van der Waals surface area contributed by atoms with Gasteiger partial charge in [0.15, 0.2) is 0 Å². The van der Waals surface area contributed by atoms with Crippen molar-refractivity contribution in [3.05, 3.63) is 0 Å². The molecule has 0 bridgehead atoms. The molecule has 0 spiro atoms. The second-order valence-corrected chi connectivity index (χ2v) is 15.7. The first-order chi connectivity index (χ1) is 18.6. The van der Waals surface area contributed by atoms with E-state index in [1.54, 1.807) is 0 Å². The molecule has 0 amide bonds. The minimum absolute atomic E-state index is 0.0428. The monoisotopic (exact) mass is 592 g/mol. The van der Waals surface area contributed by atoms with E-state index in [0.717, 1.165) is 25.2 Å². The van der Waals surface area contributed by atoms with Crippen molar-refractivity contribution in [1.29, 1.82) is 0 Å². The van der Waals surface area contributed by atoms with Crippen molar-refractivity contribution in [3.8, 4) is 0 Å². The van der Waals surface area contributed by atoms with Crippen molar-refractivity contribution >= 4 is 7.82 Å². The Morgan fingerprint density at radius 1 is 0.675 bits per heavy atom. The smallest absolute Gasteiger partial charge is 0.326 e. The second-order valence-electron chi connectivity index (χ2n) is 14.4. The SMILES string of the molecule is CC(C)CCCC(C)CCC(COP(=O)(O)O)C(C)CCCC(C)C.CCCCCCCCCCCC(C)(C)N. The molecular formula is C34H74NO4P. The number of nitrogens with two attached hydrogens (primary N) is 1. The topological polar surface area (TPSA) is 92.8 Å². The molecule has 40 heavy (non-hydrogen) atoms. The molecule has 0 aliphatic heterocycles. The standard InChI is InChI=1S/C20H43O4P.C14H31N/c1-16(2)9-7-11-18(5)13-14-20(15-24-25(21,22)23)19(6)12-8-10-17(3)4;1-4-5-6-7-8-9-10-11-12-13-14(2,3)15/h16-20H,7-15H2,1-6H3,(H2,21,22,23);4-13,15H2,1-3H3. The first-order valence-corrected chi connectivity index (χ1v) is 18.6. The normalized spacial score (nSPS) is 14.8. The van der Waals surface area contributed by atoms with Crippen LogP contribution in [0.5, 0.6) is 0 Å². The highest BCUT2D eigenvalue weighted by Crippen LogP contribution is 2.38. The highest BCUT2D eigenvalue weighted by molar-refractivity contribution is 7.46. The summed E-state index contributed by atoms with van der Waals surface area (Å²) in [5.41, 5.74) is 5.97. The number of hydrogen-bond acceptors (Lipinski definition) is 3. The van der Waals surface area contributed by atoms with E-state index >= 15 is 0 Å². The fourth-order valence-corrected chi connectivity index (χ4v) is 5.60. The number of phosphoric ester groups is 1. The van der Waals surface area contributed by atoms with Crippen LogP contribution in [0.1, 0.15) is 178 Å². The maximum atomic E-state index is 11.1. The highest BCUT2D eigenvalue weighted by Gasteiger charge is 2.23. The molecule has 0 saturated carbocycles. The summed E-state index contributed by atoms with van der Waals surface area (Å²) in [6, 6.07) is 0. The predicted octanol–water partition coefficient (Wildman–Crippen LogP) is 11.1. The summed E-state index contributed by atoms with van der Waals surface area (Å²) in [5.74, 6) is 2.80. The molecule has 3 atom stereocenters. The Balaban J connectivity index is 0. The fraction of sp³-hybridized carbons (Fsp3) is 1.00. The molecular weight excluding hydrogens is 517 g/mol. The first kappa shape index (κ1) is 42.2. The van der Waals surface area contributed by atoms with Gasteiger partial charge in [0.1, 0.15) is 0 Å². The van der Waals surface area contributed by atoms with Crippen LogP contribution in [0.4, 0.5) is 0 Å². The van der Waals surface area contributed by atoms with Crippen LogP contribution >= 0.6 is 7.82 Å². The number of phosphoric acid groups is 1. The van der Waals surface area contributed by atoms with Crippen molar-refractivity contribution in [3.63, 3.8) is 0 Å². The molecule has 0 aromatic rings. The molecule has 0 saturated heterocycles. The molecule has 0 aromatic carbocycles. The Bertz CT molecular complexity index is 585. The Hall–Kier alpha value is 0.0700. The lowest BCUT2D eigenvalue weighted by Gasteiger charge is -2.26. The second kappa shape index (κ2) is 25.6. The lowest BCUT2D eigenvalue weighted by molar-refractivity contribution is 0.132. The van der Waals surface area contributed by atoms with Gasteiger partial charge in [0.25, 0.3) is 0 Å². The fourth-order valence-electron chi connectivity index (χ4n) is 5.22. The maximum Gasteiger partial charge on any atom is 0.469 e. The van der Waals surface area contributed by atoms with Gasteiger partial charge in [-0.2, -0.15) is 0 Å². The summed E-state index contributed by atoms with van der Waals surface area (Å²) in [6.45, 7) is 20.2. The summed E-state index contributed by atoms with van der Waals surface area (Å²) in [6.07, 6.45) is 23.1. The third kappa shape index (κ3) is 34.3. The molecule has 0 aromatic heterocycles. The predicted molar refractivity (Wildman–Crippen MR) is 177 cm³/mol. The van der Waals surface area contributed by atoms with Crippen molar-refractivity contribution in [2.24, 2.45) is 35.3 Å². The molecule has 0 rings (SSSR count). The van der Waals surface area contributed by atoms with Crippen LogP contribution in [0.25, 0.3) is 0 Å². The van der Waals surface area contributed by atoms with Crippen LogP contribution in [0.3, 0.4) is 0 Å². The lowest BCUT2D eigenvalue weighted by atomic mass is 9.83. The van der Waals surface area contributed by atoms with E-state index in [1.165, 1.54) is 96.3 Å². The summed E-state index contributed by atoms with van der Waals surface area (Å²) >= 11 is 0. The van der Waals surface area contributed by atoms with Crippen LogP contribution in [0.2, 0.25) is 0 Å². The van der Waals surface area contributed by atoms with Crippen molar-refractivity contribution in [1.82, 2.24) is 0 Å². The summed E-state index contributed by atoms with van der Waals surface area (Å²) in [4.78, 5) is 18.1. The van der Waals surface area contributed by atoms with E-state index in [4.69, 9.17) is 20.0 Å². The van der Waals surface area contributed by atoms with Gasteiger partial charge in [-0.15, -0.1) is 0 Å². The Morgan fingerprint density at radius 3 is 1.60 bits per heavy atom. The van der Waals surface area contributed by atoms with Crippen molar-refractivity contribution in [2.75, 3.05) is 6.61 Å². The lowest BCUT2D eigenvalue weighted by Crippen LogP contribution is -2.31. The quantitative estimate of drug-likeness (QED) is 0.0725. The van der Waals surface area contributed by atoms with Gasteiger partial charge in [0.2, 0.25) is 0 Å². The average molecular weight is 592 g/mol. The molecule has 0 heterocycles. The zero-order chi connectivity index (χ0) is 31.0. The maximum absolute atomic E-state index is 11.1. The average Bonchev–Trinajstić information content (AvgIpc) is 2.81. The van der Waals surface area contributed by atoms with Crippen LogP contribution in [-0.2, 0) is 9.09 Å². The third-order valence-electron chi connectivity index (χ3n) is 8.14. The molecule has 5 nitrogen and oxygen atoms in total. The van der Waals surface area contributed by atoms with Gasteiger partial charge in [0.05, 0.1) is 6.61 Å². The molecule has 0 aliphatic rings. The van der Waals surface area contributed by atoms with E-state index in [-0.39, 0.29) is 18.1 Å². The largest absolute Gasteiger partial charge is 0.469 e. The number of rotatable bonds is 25. The van der Waals surface area contributed by atoms with E-state index in [0.29, 0.717) is 17.8 Å².